The number of hydrogen-bond acceptors (Lipinski definition) is 5. The Labute approximate surface area is 142 Å². The van der Waals surface area contributed by atoms with E-state index in [4.69, 9.17) is 4.74 Å². The summed E-state index contributed by atoms with van der Waals surface area (Å²) in [6.07, 6.45) is 2.77. The number of imidazole rings is 1. The molecule has 0 radical (unpaired) electrons. The van der Waals surface area contributed by atoms with Crippen molar-refractivity contribution in [1.29, 1.82) is 0 Å². The highest BCUT2D eigenvalue weighted by molar-refractivity contribution is 5.97. The maximum absolute atomic E-state index is 12.4. The quantitative estimate of drug-likeness (QED) is 0.646. The van der Waals surface area contributed by atoms with Crippen molar-refractivity contribution in [3.8, 4) is 0 Å². The van der Waals surface area contributed by atoms with Crippen LogP contribution >= 0.6 is 0 Å². The van der Waals surface area contributed by atoms with Gasteiger partial charge in [0.15, 0.2) is 5.82 Å². The highest BCUT2D eigenvalue weighted by atomic mass is 16.5. The topological polar surface area (TPSA) is 88.5 Å². The number of rotatable bonds is 8. The molecule has 0 atom stereocenters. The second-order valence-corrected chi connectivity index (χ2v) is 6.15. The minimum Gasteiger partial charge on any atom is -0.383 e. The van der Waals surface area contributed by atoms with E-state index in [1.54, 1.807) is 7.11 Å². The van der Waals surface area contributed by atoms with Crippen LogP contribution in [0.1, 0.15) is 39.6 Å². The average Bonchev–Trinajstić information content (AvgIpc) is 2.94. The molecule has 0 fully saturated rings. The number of hydrogen-bond donors (Lipinski definition) is 2. The first-order chi connectivity index (χ1) is 11.5. The SMILES string of the molecule is COCCNC(=O)c1nc(C(=O)NCCN(C)C)c2n1CCCC2. The van der Waals surface area contributed by atoms with Gasteiger partial charge in [-0.3, -0.25) is 9.59 Å². The molecule has 0 saturated carbocycles. The van der Waals surface area contributed by atoms with Crippen LogP contribution in [0.2, 0.25) is 0 Å². The number of carbonyl (C=O) groups excluding carboxylic acids is 2. The van der Waals surface area contributed by atoms with Crippen LogP contribution in [0.15, 0.2) is 0 Å². The minimum absolute atomic E-state index is 0.210. The van der Waals surface area contributed by atoms with Crippen molar-refractivity contribution in [3.05, 3.63) is 17.2 Å². The molecule has 0 saturated heterocycles. The summed E-state index contributed by atoms with van der Waals surface area (Å²) in [5.74, 6) is -0.153. The summed E-state index contributed by atoms with van der Waals surface area (Å²) in [6.45, 7) is 2.89. The van der Waals surface area contributed by atoms with Crippen LogP contribution in [-0.2, 0) is 17.7 Å². The van der Waals surface area contributed by atoms with Crippen LogP contribution in [-0.4, -0.2) is 73.7 Å². The lowest BCUT2D eigenvalue weighted by Crippen LogP contribution is -2.32. The molecule has 1 aromatic heterocycles. The molecule has 0 aromatic carbocycles. The average molecular weight is 337 g/mol. The van der Waals surface area contributed by atoms with Gasteiger partial charge in [-0.15, -0.1) is 0 Å². The smallest absolute Gasteiger partial charge is 0.287 e. The third-order valence-corrected chi connectivity index (χ3v) is 3.97. The maximum atomic E-state index is 12.4. The summed E-state index contributed by atoms with van der Waals surface area (Å²) in [5, 5.41) is 5.65. The first-order valence-electron chi connectivity index (χ1n) is 8.34. The van der Waals surface area contributed by atoms with Gasteiger partial charge in [0.2, 0.25) is 0 Å². The van der Waals surface area contributed by atoms with E-state index in [1.165, 1.54) is 0 Å². The summed E-state index contributed by atoms with van der Waals surface area (Å²) in [5.41, 5.74) is 1.24. The first kappa shape index (κ1) is 18.4. The zero-order valence-corrected chi connectivity index (χ0v) is 14.7. The lowest BCUT2D eigenvalue weighted by atomic mass is 10.1. The van der Waals surface area contributed by atoms with Gasteiger partial charge in [-0.25, -0.2) is 4.98 Å². The Hall–Kier alpha value is -1.93. The maximum Gasteiger partial charge on any atom is 0.287 e. The predicted octanol–water partition coefficient (Wildman–Crippen LogP) is -0.113. The third kappa shape index (κ3) is 4.55. The molecule has 2 heterocycles. The highest BCUT2D eigenvalue weighted by Crippen LogP contribution is 2.21. The molecule has 2 rings (SSSR count). The Morgan fingerprint density at radius 3 is 2.67 bits per heavy atom. The van der Waals surface area contributed by atoms with Gasteiger partial charge in [-0.05, 0) is 33.4 Å². The largest absolute Gasteiger partial charge is 0.383 e. The standard InChI is InChI=1S/C16H27N5O3/c1-20(2)10-7-17-15(22)13-12-6-4-5-9-21(12)14(19-13)16(23)18-8-11-24-3/h4-11H2,1-3H3,(H,17,22)(H,18,23). The van der Waals surface area contributed by atoms with E-state index in [-0.39, 0.29) is 11.8 Å². The Balaban J connectivity index is 2.13. The number of methoxy groups -OCH3 is 1. The second kappa shape index (κ2) is 8.79. The number of nitrogens with one attached hydrogen (secondary N) is 2. The molecule has 8 heteroatoms. The van der Waals surface area contributed by atoms with Crippen molar-refractivity contribution in [2.45, 2.75) is 25.8 Å². The molecule has 2 N–H and O–H groups in total. The summed E-state index contributed by atoms with van der Waals surface area (Å²) >= 11 is 0. The van der Waals surface area contributed by atoms with Crippen LogP contribution in [0, 0.1) is 0 Å². The molecule has 0 bridgehead atoms. The second-order valence-electron chi connectivity index (χ2n) is 6.15. The summed E-state index contributed by atoms with van der Waals surface area (Å²) < 4.78 is 6.82. The molecule has 1 aliphatic rings. The fourth-order valence-electron chi connectivity index (χ4n) is 2.72. The van der Waals surface area contributed by atoms with Crippen LogP contribution in [0.4, 0.5) is 0 Å². The number of ether oxygens (including phenoxy) is 1. The molecule has 1 aliphatic heterocycles. The van der Waals surface area contributed by atoms with E-state index >= 15 is 0 Å². The zero-order chi connectivity index (χ0) is 17.5. The lowest BCUT2D eigenvalue weighted by Gasteiger charge is -2.17. The number of carbonyl (C=O) groups is 2. The molecule has 8 nitrogen and oxygen atoms in total. The van der Waals surface area contributed by atoms with Gasteiger partial charge in [-0.1, -0.05) is 0 Å². The minimum atomic E-state index is -0.262. The van der Waals surface area contributed by atoms with E-state index in [2.05, 4.69) is 15.6 Å². The van der Waals surface area contributed by atoms with Crippen molar-refractivity contribution < 1.29 is 14.3 Å². The fraction of sp³-hybridized carbons (Fsp3) is 0.688. The Kier molecular flexibility index (Phi) is 6.74. The van der Waals surface area contributed by atoms with Crippen molar-refractivity contribution in [2.24, 2.45) is 0 Å². The molecule has 0 aliphatic carbocycles. The zero-order valence-electron chi connectivity index (χ0n) is 14.7. The summed E-state index contributed by atoms with van der Waals surface area (Å²) in [7, 11) is 5.49. The number of aromatic nitrogens is 2. The molecule has 0 spiro atoms. The lowest BCUT2D eigenvalue weighted by molar-refractivity contribution is 0.0921. The molecular weight excluding hydrogens is 310 g/mol. The van der Waals surface area contributed by atoms with E-state index < -0.39 is 0 Å². The summed E-state index contributed by atoms with van der Waals surface area (Å²) in [6, 6.07) is 0. The Bertz CT molecular complexity index is 583. The molecule has 24 heavy (non-hydrogen) atoms. The van der Waals surface area contributed by atoms with Gasteiger partial charge >= 0.3 is 0 Å². The van der Waals surface area contributed by atoms with E-state index in [9.17, 15) is 9.59 Å². The van der Waals surface area contributed by atoms with E-state index in [0.717, 1.165) is 38.0 Å². The van der Waals surface area contributed by atoms with Crippen LogP contribution in [0.5, 0.6) is 0 Å². The number of fused-ring (bicyclic) bond motifs is 1. The van der Waals surface area contributed by atoms with Gasteiger partial charge < -0.3 is 24.8 Å². The number of nitrogens with zero attached hydrogens (tertiary/aromatic N) is 3. The first-order valence-corrected chi connectivity index (χ1v) is 8.34. The van der Waals surface area contributed by atoms with Crippen molar-refractivity contribution in [2.75, 3.05) is 47.4 Å². The van der Waals surface area contributed by atoms with Crippen LogP contribution in [0.25, 0.3) is 0 Å². The monoisotopic (exact) mass is 337 g/mol. The van der Waals surface area contributed by atoms with Crippen molar-refractivity contribution in [3.63, 3.8) is 0 Å². The number of amides is 2. The molecule has 134 valence electrons. The molecule has 0 unspecified atom stereocenters. The fourth-order valence-corrected chi connectivity index (χ4v) is 2.72. The normalized spacial score (nSPS) is 13.7. The van der Waals surface area contributed by atoms with Crippen LogP contribution < -0.4 is 10.6 Å². The Morgan fingerprint density at radius 1 is 1.21 bits per heavy atom. The van der Waals surface area contributed by atoms with Gasteiger partial charge in [0.25, 0.3) is 11.8 Å². The van der Waals surface area contributed by atoms with E-state index in [1.807, 2.05) is 23.6 Å². The van der Waals surface area contributed by atoms with Gasteiger partial charge in [-0.2, -0.15) is 0 Å². The molecule has 1 aromatic rings. The highest BCUT2D eigenvalue weighted by Gasteiger charge is 2.27. The molecule has 2 amide bonds. The number of likely N-dealkylation sites (N-methyl/N-ethyl adjacent to an activating group) is 1. The van der Waals surface area contributed by atoms with Crippen molar-refractivity contribution >= 4 is 11.8 Å². The van der Waals surface area contributed by atoms with Gasteiger partial charge in [0.1, 0.15) is 5.69 Å². The van der Waals surface area contributed by atoms with Gasteiger partial charge in [0, 0.05) is 33.3 Å². The van der Waals surface area contributed by atoms with Crippen molar-refractivity contribution in [1.82, 2.24) is 25.1 Å². The van der Waals surface area contributed by atoms with Gasteiger partial charge in [0.05, 0.1) is 12.3 Å². The third-order valence-electron chi connectivity index (χ3n) is 3.97. The predicted molar refractivity (Wildman–Crippen MR) is 90.3 cm³/mol. The van der Waals surface area contributed by atoms with E-state index in [0.29, 0.717) is 31.2 Å². The molecular formula is C16H27N5O3. The Morgan fingerprint density at radius 2 is 1.96 bits per heavy atom. The summed E-state index contributed by atoms with van der Waals surface area (Å²) in [4.78, 5) is 31.1. The van der Waals surface area contributed by atoms with Crippen LogP contribution in [0.3, 0.4) is 0 Å².